The van der Waals surface area contributed by atoms with Gasteiger partial charge in [-0.1, -0.05) is 12.2 Å². The predicted molar refractivity (Wildman–Crippen MR) is 77.7 cm³/mol. The fraction of sp³-hybridized carbons (Fsp3) is 0.500. The van der Waals surface area contributed by atoms with Crippen LogP contribution in [0.4, 0.5) is 5.82 Å². The molecule has 3 N–H and O–H groups in total. The number of nitrogens with zero attached hydrogens (tertiary/aromatic N) is 4. The molecule has 0 unspecified atom stereocenters. The van der Waals surface area contributed by atoms with Crippen molar-refractivity contribution in [1.29, 1.82) is 0 Å². The molecule has 0 bridgehead atoms. The van der Waals surface area contributed by atoms with Gasteiger partial charge in [-0.2, -0.15) is 0 Å². The second-order valence-electron chi connectivity index (χ2n) is 6.01. The number of aliphatic hydroxyl groups excluding tert-OH is 1. The first-order chi connectivity index (χ1) is 10.5. The fourth-order valence-electron chi connectivity index (χ4n) is 3.11. The average molecular weight is 303 g/mol. The van der Waals surface area contributed by atoms with Crippen LogP contribution in [-0.4, -0.2) is 48.7 Å². The van der Waals surface area contributed by atoms with E-state index in [1.165, 1.54) is 6.33 Å². The molecule has 2 aliphatic rings. The minimum atomic E-state index is -0.773. The molecule has 0 aromatic carbocycles. The van der Waals surface area contributed by atoms with Gasteiger partial charge in [-0.3, -0.25) is 0 Å². The van der Waals surface area contributed by atoms with Gasteiger partial charge >= 0.3 is 0 Å². The molecule has 1 saturated heterocycles. The maximum Gasteiger partial charge on any atom is 0.166 e. The number of nitrogen functional groups attached to an aromatic ring is 1. The molecule has 4 atom stereocenters. The van der Waals surface area contributed by atoms with Gasteiger partial charge in [-0.25, -0.2) is 15.0 Å². The van der Waals surface area contributed by atoms with Crippen molar-refractivity contribution < 1.29 is 14.6 Å². The van der Waals surface area contributed by atoms with Crippen LogP contribution in [0.5, 0.6) is 0 Å². The van der Waals surface area contributed by atoms with Gasteiger partial charge in [0, 0.05) is 0 Å². The summed E-state index contributed by atoms with van der Waals surface area (Å²) in [7, 11) is 0. The SMILES string of the molecule is CC1(C)O[C@@H]2[C@@H](O)[C@@H](n3cnc4c(N)ncnc43)C=C[C@@H]2O1. The molecule has 0 saturated carbocycles. The number of nitrogens with two attached hydrogens (primary N) is 1. The van der Waals surface area contributed by atoms with Gasteiger partial charge < -0.3 is 24.9 Å². The van der Waals surface area contributed by atoms with Crippen molar-refractivity contribution in [3.8, 4) is 0 Å². The fourth-order valence-corrected chi connectivity index (χ4v) is 3.11. The third kappa shape index (κ3) is 1.92. The van der Waals surface area contributed by atoms with Crippen LogP contribution >= 0.6 is 0 Å². The van der Waals surface area contributed by atoms with E-state index in [-0.39, 0.29) is 12.1 Å². The standard InChI is InChI=1S/C14H17N5O3/c1-14(2)21-8-4-3-7(10(20)11(8)22-14)19-6-18-9-12(15)16-5-17-13(9)19/h3-8,10-11,20H,1-2H3,(H2,15,16,17)/t7-,8-,10-,11-/m0/s1. The van der Waals surface area contributed by atoms with Gasteiger partial charge in [0.1, 0.15) is 30.2 Å². The van der Waals surface area contributed by atoms with Crippen molar-refractivity contribution in [1.82, 2.24) is 19.5 Å². The highest BCUT2D eigenvalue weighted by atomic mass is 16.8. The van der Waals surface area contributed by atoms with Gasteiger partial charge in [0.2, 0.25) is 0 Å². The lowest BCUT2D eigenvalue weighted by Gasteiger charge is -2.31. The lowest BCUT2D eigenvalue weighted by Crippen LogP contribution is -2.43. The minimum Gasteiger partial charge on any atom is -0.388 e. The Morgan fingerprint density at radius 1 is 1.23 bits per heavy atom. The third-order valence-electron chi connectivity index (χ3n) is 4.06. The Morgan fingerprint density at radius 2 is 2.05 bits per heavy atom. The molecule has 2 aromatic rings. The first-order valence-corrected chi connectivity index (χ1v) is 7.11. The van der Waals surface area contributed by atoms with E-state index in [1.54, 1.807) is 10.9 Å². The molecule has 8 nitrogen and oxygen atoms in total. The summed E-state index contributed by atoms with van der Waals surface area (Å²) in [6.07, 6.45) is 5.33. The van der Waals surface area contributed by atoms with Crippen molar-refractivity contribution in [2.45, 2.75) is 44.0 Å². The summed E-state index contributed by atoms with van der Waals surface area (Å²) in [6.45, 7) is 3.67. The lowest BCUT2D eigenvalue weighted by molar-refractivity contribution is -0.154. The van der Waals surface area contributed by atoms with E-state index >= 15 is 0 Å². The summed E-state index contributed by atoms with van der Waals surface area (Å²) >= 11 is 0. The Labute approximate surface area is 126 Å². The number of rotatable bonds is 1. The second-order valence-corrected chi connectivity index (χ2v) is 6.01. The highest BCUT2D eigenvalue weighted by Gasteiger charge is 2.48. The molecule has 0 spiro atoms. The lowest BCUT2D eigenvalue weighted by atomic mass is 9.94. The van der Waals surface area contributed by atoms with E-state index in [1.807, 2.05) is 26.0 Å². The average Bonchev–Trinajstić information content (AvgIpc) is 3.01. The van der Waals surface area contributed by atoms with Crippen LogP contribution in [0.1, 0.15) is 19.9 Å². The number of anilines is 1. The molecular weight excluding hydrogens is 286 g/mol. The molecule has 0 radical (unpaired) electrons. The normalized spacial score (nSPS) is 33.2. The van der Waals surface area contributed by atoms with Gasteiger partial charge in [-0.15, -0.1) is 0 Å². The first-order valence-electron chi connectivity index (χ1n) is 7.11. The smallest absolute Gasteiger partial charge is 0.166 e. The molecule has 1 aliphatic heterocycles. The molecule has 3 heterocycles. The number of imidazole rings is 1. The van der Waals surface area contributed by atoms with E-state index in [4.69, 9.17) is 15.2 Å². The zero-order valence-electron chi connectivity index (χ0n) is 12.2. The van der Waals surface area contributed by atoms with Crippen LogP contribution in [0.2, 0.25) is 0 Å². The van der Waals surface area contributed by atoms with Crippen LogP contribution in [0, 0.1) is 0 Å². The predicted octanol–water partition coefficient (Wildman–Crippen LogP) is 0.400. The van der Waals surface area contributed by atoms with Gasteiger partial charge in [0.15, 0.2) is 17.3 Å². The molecule has 0 amide bonds. The van der Waals surface area contributed by atoms with Crippen molar-refractivity contribution >= 4 is 17.0 Å². The van der Waals surface area contributed by atoms with E-state index in [0.717, 1.165) is 0 Å². The summed E-state index contributed by atoms with van der Waals surface area (Å²) in [5.41, 5.74) is 6.91. The van der Waals surface area contributed by atoms with Crippen LogP contribution in [0.15, 0.2) is 24.8 Å². The van der Waals surface area contributed by atoms with Crippen LogP contribution < -0.4 is 5.73 Å². The molecule has 1 aliphatic carbocycles. The van der Waals surface area contributed by atoms with Crippen molar-refractivity contribution in [2.75, 3.05) is 5.73 Å². The molecule has 4 rings (SSSR count). The van der Waals surface area contributed by atoms with E-state index in [2.05, 4.69) is 15.0 Å². The number of hydrogen-bond donors (Lipinski definition) is 2. The maximum atomic E-state index is 10.7. The van der Waals surface area contributed by atoms with Gasteiger partial charge in [0.25, 0.3) is 0 Å². The third-order valence-corrected chi connectivity index (χ3v) is 4.06. The number of fused-ring (bicyclic) bond motifs is 2. The van der Waals surface area contributed by atoms with Gasteiger partial charge in [0.05, 0.1) is 12.4 Å². The number of aromatic nitrogens is 4. The molecule has 8 heteroatoms. The zero-order chi connectivity index (χ0) is 15.5. The summed E-state index contributed by atoms with van der Waals surface area (Å²) < 4.78 is 13.3. The highest BCUT2D eigenvalue weighted by Crippen LogP contribution is 2.38. The second kappa shape index (κ2) is 4.48. The summed E-state index contributed by atoms with van der Waals surface area (Å²) in [5, 5.41) is 10.7. The van der Waals surface area contributed by atoms with Crippen molar-refractivity contribution in [2.24, 2.45) is 0 Å². The molecule has 1 fully saturated rings. The van der Waals surface area contributed by atoms with Crippen molar-refractivity contribution in [3.05, 3.63) is 24.8 Å². The van der Waals surface area contributed by atoms with Crippen molar-refractivity contribution in [3.63, 3.8) is 0 Å². The Bertz CT molecular complexity index is 756. The summed E-state index contributed by atoms with van der Waals surface area (Å²) in [5.74, 6) is -0.392. The van der Waals surface area contributed by atoms with Gasteiger partial charge in [-0.05, 0) is 13.8 Å². The van der Waals surface area contributed by atoms with E-state index < -0.39 is 18.0 Å². The number of aliphatic hydroxyl groups is 1. The largest absolute Gasteiger partial charge is 0.388 e. The minimum absolute atomic E-state index is 0.254. The Balaban J connectivity index is 1.74. The Morgan fingerprint density at radius 3 is 2.86 bits per heavy atom. The highest BCUT2D eigenvalue weighted by molar-refractivity contribution is 5.81. The zero-order valence-corrected chi connectivity index (χ0v) is 12.2. The van der Waals surface area contributed by atoms with E-state index in [9.17, 15) is 5.11 Å². The monoisotopic (exact) mass is 303 g/mol. The Hall–Kier alpha value is -2.03. The van der Waals surface area contributed by atoms with Crippen LogP contribution in [0.25, 0.3) is 11.2 Å². The number of ether oxygens (including phenoxy) is 2. The first kappa shape index (κ1) is 13.6. The molecule has 116 valence electrons. The summed E-state index contributed by atoms with van der Waals surface area (Å²) in [4.78, 5) is 12.4. The molecule has 2 aromatic heterocycles. The number of hydrogen-bond acceptors (Lipinski definition) is 7. The Kier molecular flexibility index (Phi) is 2.77. The quantitative estimate of drug-likeness (QED) is 0.734. The topological polar surface area (TPSA) is 108 Å². The van der Waals surface area contributed by atoms with Crippen LogP contribution in [0.3, 0.4) is 0 Å². The maximum absolute atomic E-state index is 10.7. The van der Waals surface area contributed by atoms with Crippen LogP contribution in [-0.2, 0) is 9.47 Å². The molecular formula is C14H17N5O3. The molecule has 22 heavy (non-hydrogen) atoms. The summed E-state index contributed by atoms with van der Waals surface area (Å²) in [6, 6.07) is -0.349. The van der Waals surface area contributed by atoms with E-state index in [0.29, 0.717) is 17.0 Å².